The molecule has 4 heteroatoms. The van der Waals surface area contributed by atoms with Gasteiger partial charge in [-0.1, -0.05) is 42.5 Å². The van der Waals surface area contributed by atoms with Crippen LogP contribution >= 0.6 is 0 Å². The van der Waals surface area contributed by atoms with Gasteiger partial charge in [0, 0.05) is 5.69 Å². The van der Waals surface area contributed by atoms with Gasteiger partial charge >= 0.3 is 0 Å². The van der Waals surface area contributed by atoms with Gasteiger partial charge in [-0.25, -0.2) is 0 Å². The van der Waals surface area contributed by atoms with E-state index in [-0.39, 0.29) is 12.5 Å². The van der Waals surface area contributed by atoms with E-state index >= 15 is 0 Å². The van der Waals surface area contributed by atoms with Crippen LogP contribution in [0.1, 0.15) is 5.56 Å². The standard InChI is InChI=1S/C22H21NO3/c1-3-6-16-9-12-20(21(13-16)25-2)26-15-22(24)23-19-11-10-17-7-4-5-8-18(17)14-19/h3-5,7-14H,1,6,15H2,2H3,(H,23,24). The molecule has 0 atom stereocenters. The molecule has 0 aliphatic carbocycles. The molecule has 0 spiro atoms. The molecule has 132 valence electrons. The summed E-state index contributed by atoms with van der Waals surface area (Å²) in [7, 11) is 1.58. The second-order valence-electron chi connectivity index (χ2n) is 5.88. The molecule has 0 fully saturated rings. The zero-order valence-electron chi connectivity index (χ0n) is 14.7. The van der Waals surface area contributed by atoms with Crippen LogP contribution in [0, 0.1) is 0 Å². The molecule has 3 aromatic rings. The van der Waals surface area contributed by atoms with Crippen molar-refractivity contribution in [1.82, 2.24) is 0 Å². The summed E-state index contributed by atoms with van der Waals surface area (Å²) in [5, 5.41) is 5.06. The van der Waals surface area contributed by atoms with Crippen LogP contribution in [-0.2, 0) is 11.2 Å². The molecule has 1 N–H and O–H groups in total. The van der Waals surface area contributed by atoms with Gasteiger partial charge in [0.2, 0.25) is 0 Å². The molecule has 3 rings (SSSR count). The Morgan fingerprint density at radius 1 is 1.04 bits per heavy atom. The molecule has 0 saturated carbocycles. The van der Waals surface area contributed by atoms with Crippen LogP contribution in [-0.4, -0.2) is 19.6 Å². The van der Waals surface area contributed by atoms with Crippen molar-refractivity contribution in [2.24, 2.45) is 0 Å². The molecular formula is C22H21NO3. The quantitative estimate of drug-likeness (QED) is 0.636. The van der Waals surface area contributed by atoms with Crippen molar-refractivity contribution >= 4 is 22.4 Å². The molecule has 0 aromatic heterocycles. The van der Waals surface area contributed by atoms with E-state index in [1.54, 1.807) is 13.2 Å². The van der Waals surface area contributed by atoms with E-state index in [9.17, 15) is 4.79 Å². The normalized spacial score (nSPS) is 10.3. The van der Waals surface area contributed by atoms with E-state index in [0.29, 0.717) is 11.5 Å². The number of hydrogen-bond acceptors (Lipinski definition) is 3. The number of ether oxygens (including phenoxy) is 2. The van der Waals surface area contributed by atoms with Crippen molar-refractivity contribution in [3.63, 3.8) is 0 Å². The highest BCUT2D eigenvalue weighted by Crippen LogP contribution is 2.28. The molecule has 3 aromatic carbocycles. The van der Waals surface area contributed by atoms with E-state index in [1.165, 1.54) is 0 Å². The summed E-state index contributed by atoms with van der Waals surface area (Å²) in [6.45, 7) is 3.63. The molecule has 0 aliphatic rings. The van der Waals surface area contributed by atoms with Gasteiger partial charge in [0.1, 0.15) is 0 Å². The van der Waals surface area contributed by atoms with Gasteiger partial charge in [-0.2, -0.15) is 0 Å². The topological polar surface area (TPSA) is 47.6 Å². The number of carbonyl (C=O) groups excluding carboxylic acids is 1. The zero-order valence-corrected chi connectivity index (χ0v) is 14.7. The van der Waals surface area contributed by atoms with Crippen molar-refractivity contribution in [1.29, 1.82) is 0 Å². The molecule has 0 unspecified atom stereocenters. The Balaban J connectivity index is 1.63. The van der Waals surface area contributed by atoms with Crippen molar-refractivity contribution < 1.29 is 14.3 Å². The van der Waals surface area contributed by atoms with Gasteiger partial charge < -0.3 is 14.8 Å². The van der Waals surface area contributed by atoms with Crippen molar-refractivity contribution in [3.05, 3.63) is 78.9 Å². The number of nitrogens with one attached hydrogen (secondary N) is 1. The Morgan fingerprint density at radius 3 is 2.62 bits per heavy atom. The van der Waals surface area contributed by atoms with Gasteiger partial charge in [0.15, 0.2) is 18.1 Å². The van der Waals surface area contributed by atoms with Crippen LogP contribution in [0.5, 0.6) is 11.5 Å². The number of amides is 1. The Kier molecular flexibility index (Phi) is 5.54. The number of benzene rings is 3. The molecule has 4 nitrogen and oxygen atoms in total. The largest absolute Gasteiger partial charge is 0.493 e. The number of anilines is 1. The first-order chi connectivity index (χ1) is 12.7. The summed E-state index contributed by atoms with van der Waals surface area (Å²) in [4.78, 5) is 12.2. The molecular weight excluding hydrogens is 326 g/mol. The van der Waals surface area contributed by atoms with E-state index in [1.807, 2.05) is 60.7 Å². The molecule has 0 heterocycles. The second kappa shape index (κ2) is 8.21. The van der Waals surface area contributed by atoms with Crippen molar-refractivity contribution in [2.75, 3.05) is 19.0 Å². The Hall–Kier alpha value is -3.27. The average Bonchev–Trinajstić information content (AvgIpc) is 2.67. The maximum absolute atomic E-state index is 12.2. The summed E-state index contributed by atoms with van der Waals surface area (Å²) < 4.78 is 11.0. The lowest BCUT2D eigenvalue weighted by Gasteiger charge is -2.12. The Morgan fingerprint density at radius 2 is 1.85 bits per heavy atom. The van der Waals surface area contributed by atoms with Crippen LogP contribution in [0.25, 0.3) is 10.8 Å². The summed E-state index contributed by atoms with van der Waals surface area (Å²) in [5.41, 5.74) is 1.82. The van der Waals surface area contributed by atoms with Gasteiger partial charge in [-0.05, 0) is 47.0 Å². The zero-order chi connectivity index (χ0) is 18.4. The number of carbonyl (C=O) groups is 1. The molecule has 1 amide bonds. The van der Waals surface area contributed by atoms with E-state index in [4.69, 9.17) is 9.47 Å². The summed E-state index contributed by atoms with van der Waals surface area (Å²) >= 11 is 0. The maximum Gasteiger partial charge on any atom is 0.262 e. The van der Waals surface area contributed by atoms with E-state index < -0.39 is 0 Å². The predicted octanol–water partition coefficient (Wildman–Crippen LogP) is 4.59. The van der Waals surface area contributed by atoms with Gasteiger partial charge in [-0.15, -0.1) is 6.58 Å². The lowest BCUT2D eigenvalue weighted by molar-refractivity contribution is -0.118. The third kappa shape index (κ3) is 4.22. The molecule has 26 heavy (non-hydrogen) atoms. The highest BCUT2D eigenvalue weighted by molar-refractivity contribution is 5.95. The van der Waals surface area contributed by atoms with Crippen molar-refractivity contribution in [2.45, 2.75) is 6.42 Å². The first kappa shape index (κ1) is 17.5. The molecule has 0 saturated heterocycles. The summed E-state index contributed by atoms with van der Waals surface area (Å²) in [5.74, 6) is 0.911. The van der Waals surface area contributed by atoms with Crippen LogP contribution in [0.2, 0.25) is 0 Å². The lowest BCUT2D eigenvalue weighted by atomic mass is 10.1. The fraction of sp³-hybridized carbons (Fsp3) is 0.136. The molecule has 0 bridgehead atoms. The first-order valence-electron chi connectivity index (χ1n) is 8.39. The fourth-order valence-electron chi connectivity index (χ4n) is 2.73. The van der Waals surface area contributed by atoms with Crippen LogP contribution in [0.4, 0.5) is 5.69 Å². The van der Waals surface area contributed by atoms with E-state index in [0.717, 1.165) is 28.4 Å². The van der Waals surface area contributed by atoms with Gasteiger partial charge in [0.25, 0.3) is 5.91 Å². The monoisotopic (exact) mass is 347 g/mol. The third-order valence-electron chi connectivity index (χ3n) is 4.00. The Labute approximate surface area is 153 Å². The minimum atomic E-state index is -0.225. The number of hydrogen-bond donors (Lipinski definition) is 1. The Bertz CT molecular complexity index is 934. The van der Waals surface area contributed by atoms with Crippen molar-refractivity contribution in [3.8, 4) is 11.5 Å². The van der Waals surface area contributed by atoms with Gasteiger partial charge in [0.05, 0.1) is 7.11 Å². The maximum atomic E-state index is 12.2. The highest BCUT2D eigenvalue weighted by Gasteiger charge is 2.09. The molecule has 0 radical (unpaired) electrons. The molecule has 0 aliphatic heterocycles. The number of methoxy groups -OCH3 is 1. The van der Waals surface area contributed by atoms with Crippen LogP contribution < -0.4 is 14.8 Å². The van der Waals surface area contributed by atoms with Gasteiger partial charge in [-0.3, -0.25) is 4.79 Å². The number of rotatable bonds is 7. The first-order valence-corrected chi connectivity index (χ1v) is 8.39. The fourth-order valence-corrected chi connectivity index (χ4v) is 2.73. The van der Waals surface area contributed by atoms with E-state index in [2.05, 4.69) is 11.9 Å². The minimum Gasteiger partial charge on any atom is -0.493 e. The summed E-state index contributed by atoms with van der Waals surface area (Å²) in [6, 6.07) is 19.4. The van der Waals surface area contributed by atoms with Crippen LogP contribution in [0.15, 0.2) is 73.3 Å². The lowest BCUT2D eigenvalue weighted by Crippen LogP contribution is -2.20. The number of allylic oxidation sites excluding steroid dienone is 1. The third-order valence-corrected chi connectivity index (χ3v) is 4.00. The average molecular weight is 347 g/mol. The SMILES string of the molecule is C=CCc1ccc(OCC(=O)Nc2ccc3ccccc3c2)c(OC)c1. The van der Waals surface area contributed by atoms with Crippen LogP contribution in [0.3, 0.4) is 0 Å². The highest BCUT2D eigenvalue weighted by atomic mass is 16.5. The smallest absolute Gasteiger partial charge is 0.262 e. The summed E-state index contributed by atoms with van der Waals surface area (Å²) in [6.07, 6.45) is 2.57. The number of fused-ring (bicyclic) bond motifs is 1. The predicted molar refractivity (Wildman–Crippen MR) is 105 cm³/mol. The second-order valence-corrected chi connectivity index (χ2v) is 5.88. The minimum absolute atomic E-state index is 0.0933.